The molecule has 1 aromatic rings. The molecule has 1 aromatic carbocycles. The molecule has 0 aliphatic carbocycles. The molecule has 0 saturated heterocycles. The van der Waals surface area contributed by atoms with Crippen LogP contribution in [-0.4, -0.2) is 23.6 Å². The molecule has 0 aliphatic heterocycles. The molecule has 0 aliphatic rings. The lowest BCUT2D eigenvalue weighted by Crippen LogP contribution is -2.41. The Morgan fingerprint density at radius 3 is 2.74 bits per heavy atom. The summed E-state index contributed by atoms with van der Waals surface area (Å²) in [5.74, 6) is -6.23. The quantitative estimate of drug-likeness (QED) is 0.812. The Morgan fingerprint density at radius 2 is 2.21 bits per heavy atom. The highest BCUT2D eigenvalue weighted by Gasteiger charge is 2.48. The molecule has 1 rings (SSSR count). The molecular weight excluding hydrogens is 347 g/mol. The Bertz CT molecular complexity index is 499. The monoisotopic (exact) mass is 357 g/mol. The first-order chi connectivity index (χ1) is 8.71. The minimum atomic E-state index is -3.97. The molecule has 0 radical (unpaired) electrons. The number of carbonyl (C=O) groups is 1. The van der Waals surface area contributed by atoms with E-state index >= 15 is 0 Å². The third-order valence-corrected chi connectivity index (χ3v) is 3.15. The second-order valence-electron chi connectivity index (χ2n) is 3.65. The van der Waals surface area contributed by atoms with E-state index in [0.717, 1.165) is 6.07 Å². The molecule has 0 heterocycles. The molecule has 8 heteroatoms. The highest BCUT2D eigenvalue weighted by molar-refractivity contribution is 9.10. The van der Waals surface area contributed by atoms with E-state index in [1.165, 1.54) is 13.0 Å². The van der Waals surface area contributed by atoms with Crippen LogP contribution in [0.25, 0.3) is 0 Å². The van der Waals surface area contributed by atoms with Crippen molar-refractivity contribution in [2.75, 3.05) is 6.61 Å². The molecule has 1 atom stereocenters. The van der Waals surface area contributed by atoms with Gasteiger partial charge < -0.3 is 15.6 Å². The van der Waals surface area contributed by atoms with Crippen molar-refractivity contribution in [3.63, 3.8) is 0 Å². The lowest BCUT2D eigenvalue weighted by molar-refractivity contribution is -0.174. The van der Waals surface area contributed by atoms with Crippen LogP contribution >= 0.6 is 27.5 Å². The predicted molar refractivity (Wildman–Crippen MR) is 69.3 cm³/mol. The van der Waals surface area contributed by atoms with Crippen molar-refractivity contribution >= 4 is 33.5 Å². The van der Waals surface area contributed by atoms with E-state index in [1.54, 1.807) is 0 Å². The van der Waals surface area contributed by atoms with Gasteiger partial charge in [0.15, 0.2) is 0 Å². The number of esters is 1. The van der Waals surface area contributed by atoms with Crippen LogP contribution in [0.3, 0.4) is 0 Å². The van der Waals surface area contributed by atoms with Gasteiger partial charge in [-0.1, -0.05) is 11.6 Å². The maximum absolute atomic E-state index is 13.8. The molecule has 0 aromatic heterocycles. The van der Waals surface area contributed by atoms with Crippen LogP contribution in [0.5, 0.6) is 5.75 Å². The third kappa shape index (κ3) is 3.34. The van der Waals surface area contributed by atoms with Crippen LogP contribution in [0.15, 0.2) is 16.6 Å². The SMILES string of the molecule is CCOC(=O)C(F)(F)[C@@H](N)c1cc(Cl)cc(Br)c1O. The number of rotatable bonds is 4. The topological polar surface area (TPSA) is 72.5 Å². The van der Waals surface area contributed by atoms with E-state index in [1.807, 2.05) is 0 Å². The molecule has 19 heavy (non-hydrogen) atoms. The Balaban J connectivity index is 3.19. The molecule has 0 unspecified atom stereocenters. The summed E-state index contributed by atoms with van der Waals surface area (Å²) in [6.07, 6.45) is 0. The fourth-order valence-electron chi connectivity index (χ4n) is 1.37. The molecule has 106 valence electrons. The van der Waals surface area contributed by atoms with E-state index in [9.17, 15) is 18.7 Å². The average molecular weight is 359 g/mol. The van der Waals surface area contributed by atoms with Gasteiger partial charge in [-0.05, 0) is 35.0 Å². The van der Waals surface area contributed by atoms with E-state index in [0.29, 0.717) is 0 Å². The van der Waals surface area contributed by atoms with Crippen LogP contribution in [0, 0.1) is 0 Å². The van der Waals surface area contributed by atoms with Gasteiger partial charge >= 0.3 is 11.9 Å². The molecule has 0 fully saturated rings. The van der Waals surface area contributed by atoms with Crippen molar-refractivity contribution in [3.8, 4) is 5.75 Å². The molecule has 0 saturated carbocycles. The van der Waals surface area contributed by atoms with Crippen LogP contribution in [0.4, 0.5) is 8.78 Å². The number of halogens is 4. The van der Waals surface area contributed by atoms with Crippen LogP contribution in [-0.2, 0) is 9.53 Å². The molecule has 0 amide bonds. The van der Waals surface area contributed by atoms with Gasteiger partial charge in [0.25, 0.3) is 0 Å². The van der Waals surface area contributed by atoms with Gasteiger partial charge in [-0.2, -0.15) is 8.78 Å². The number of alkyl halides is 2. The summed E-state index contributed by atoms with van der Waals surface area (Å²) in [6, 6.07) is 0.316. The first-order valence-electron chi connectivity index (χ1n) is 5.20. The molecule has 3 N–H and O–H groups in total. The maximum atomic E-state index is 13.8. The maximum Gasteiger partial charge on any atom is 0.379 e. The summed E-state index contributed by atoms with van der Waals surface area (Å²) in [7, 11) is 0. The van der Waals surface area contributed by atoms with Gasteiger partial charge in [0, 0.05) is 10.6 Å². The van der Waals surface area contributed by atoms with Crippen LogP contribution in [0.1, 0.15) is 18.5 Å². The Kier molecular flexibility index (Phi) is 5.11. The number of phenols is 1. The number of nitrogens with two attached hydrogens (primary N) is 1. The van der Waals surface area contributed by atoms with Crippen molar-refractivity contribution in [3.05, 3.63) is 27.2 Å². The van der Waals surface area contributed by atoms with Crippen molar-refractivity contribution in [1.82, 2.24) is 0 Å². The van der Waals surface area contributed by atoms with E-state index in [4.69, 9.17) is 17.3 Å². The lowest BCUT2D eigenvalue weighted by Gasteiger charge is -2.23. The van der Waals surface area contributed by atoms with Crippen LogP contribution in [0.2, 0.25) is 5.02 Å². The van der Waals surface area contributed by atoms with Crippen LogP contribution < -0.4 is 5.73 Å². The van der Waals surface area contributed by atoms with Gasteiger partial charge in [-0.15, -0.1) is 0 Å². The number of benzene rings is 1. The van der Waals surface area contributed by atoms with E-state index in [-0.39, 0.29) is 21.7 Å². The number of hydrogen-bond donors (Lipinski definition) is 2. The largest absolute Gasteiger partial charge is 0.506 e. The average Bonchev–Trinajstić information content (AvgIpc) is 2.33. The van der Waals surface area contributed by atoms with Crippen molar-refractivity contribution in [2.45, 2.75) is 18.9 Å². The summed E-state index contributed by atoms with van der Waals surface area (Å²) in [5, 5.41) is 9.79. The highest BCUT2D eigenvalue weighted by Crippen LogP contribution is 2.40. The minimum absolute atomic E-state index is 0.0924. The standard InChI is InChI=1S/C11H11BrClF2NO3/c1-2-19-10(18)11(14,15)9(16)6-3-5(13)4-7(12)8(6)17/h3-4,9,17H,2,16H2,1H3/t9-/m0/s1. The first-order valence-corrected chi connectivity index (χ1v) is 6.37. The highest BCUT2D eigenvalue weighted by atomic mass is 79.9. The van der Waals surface area contributed by atoms with Gasteiger partial charge in [0.05, 0.1) is 11.1 Å². The van der Waals surface area contributed by atoms with Gasteiger partial charge in [-0.25, -0.2) is 4.79 Å². The zero-order valence-electron chi connectivity index (χ0n) is 9.79. The molecule has 4 nitrogen and oxygen atoms in total. The summed E-state index contributed by atoms with van der Waals surface area (Å²) >= 11 is 8.65. The third-order valence-electron chi connectivity index (χ3n) is 2.33. The molecular formula is C11H11BrClF2NO3. The minimum Gasteiger partial charge on any atom is -0.506 e. The number of aromatic hydroxyl groups is 1. The Morgan fingerprint density at radius 1 is 1.63 bits per heavy atom. The lowest BCUT2D eigenvalue weighted by atomic mass is 10.0. The Hall–Kier alpha value is -0.920. The second kappa shape index (κ2) is 6.02. The normalized spacial score (nSPS) is 13.2. The fourth-order valence-corrected chi connectivity index (χ4v) is 2.21. The van der Waals surface area contributed by atoms with E-state index < -0.39 is 23.7 Å². The summed E-state index contributed by atoms with van der Waals surface area (Å²) in [6.45, 7) is 1.19. The number of carbonyl (C=O) groups excluding carboxylic acids is 1. The zero-order chi connectivity index (χ0) is 14.8. The van der Waals surface area contributed by atoms with E-state index in [2.05, 4.69) is 20.7 Å². The smallest absolute Gasteiger partial charge is 0.379 e. The molecule has 0 spiro atoms. The summed E-state index contributed by atoms with van der Waals surface area (Å²) < 4.78 is 31.9. The number of hydrogen-bond acceptors (Lipinski definition) is 4. The van der Waals surface area contributed by atoms with Gasteiger partial charge in [-0.3, -0.25) is 0 Å². The number of phenolic OH excluding ortho intramolecular Hbond substituents is 1. The second-order valence-corrected chi connectivity index (χ2v) is 4.94. The fraction of sp³-hybridized carbons (Fsp3) is 0.364. The Labute approximate surface area is 121 Å². The van der Waals surface area contributed by atoms with Gasteiger partial charge in [0.1, 0.15) is 11.8 Å². The predicted octanol–water partition coefficient (Wildman–Crippen LogP) is 3.01. The van der Waals surface area contributed by atoms with Crippen molar-refractivity contribution < 1.29 is 23.4 Å². The summed E-state index contributed by atoms with van der Waals surface area (Å²) in [5.41, 5.74) is 5.00. The first kappa shape index (κ1) is 16.1. The molecule has 0 bridgehead atoms. The number of ether oxygens (including phenoxy) is 1. The van der Waals surface area contributed by atoms with Crippen molar-refractivity contribution in [1.29, 1.82) is 0 Å². The zero-order valence-corrected chi connectivity index (χ0v) is 12.1. The van der Waals surface area contributed by atoms with Gasteiger partial charge in [0.2, 0.25) is 0 Å². The van der Waals surface area contributed by atoms with Crippen molar-refractivity contribution in [2.24, 2.45) is 5.73 Å². The summed E-state index contributed by atoms with van der Waals surface area (Å²) in [4.78, 5) is 11.2.